The molecule has 11 heteroatoms. The smallest absolute Gasteiger partial charge is 0.306 e. The number of amides is 3. The Morgan fingerprint density at radius 1 is 0.867 bits per heavy atom. The molecule has 45 heavy (non-hydrogen) atoms. The van der Waals surface area contributed by atoms with Crippen molar-refractivity contribution in [3.63, 3.8) is 0 Å². The standard InChI is InChI=1S/C34H50N4O7/c1-5-19-38(20-6-2)32(41)17-15-28(36-31(40)16-18-33(42)45-4)34(43)37-29(22-25-11-8-7-9-12-25)30(39)24-35-23-26-13-10-14-27(21-26)44-3/h7-14,21,28-30,35,39H,5-6,15-20,22-24H2,1-4H3,(H,36,40)(H,37,43)/t28-,29+,30-/m1/s1. The van der Waals surface area contributed by atoms with Crippen molar-refractivity contribution in [2.75, 3.05) is 33.9 Å². The van der Waals surface area contributed by atoms with Gasteiger partial charge in [-0.2, -0.15) is 0 Å². The van der Waals surface area contributed by atoms with E-state index in [1.165, 1.54) is 7.11 Å². The average molecular weight is 627 g/mol. The molecule has 0 aliphatic carbocycles. The van der Waals surface area contributed by atoms with Gasteiger partial charge in [-0.25, -0.2) is 0 Å². The zero-order valence-corrected chi connectivity index (χ0v) is 27.1. The van der Waals surface area contributed by atoms with Gasteiger partial charge in [-0.05, 0) is 48.9 Å². The number of aliphatic hydroxyl groups is 1. The number of esters is 1. The highest BCUT2D eigenvalue weighted by Gasteiger charge is 2.28. The van der Waals surface area contributed by atoms with Crippen LogP contribution in [0.15, 0.2) is 54.6 Å². The average Bonchev–Trinajstić information content (AvgIpc) is 3.05. The molecule has 0 bridgehead atoms. The third-order valence-corrected chi connectivity index (χ3v) is 7.33. The van der Waals surface area contributed by atoms with Crippen molar-refractivity contribution < 1.29 is 33.8 Å². The molecule has 3 atom stereocenters. The summed E-state index contributed by atoms with van der Waals surface area (Å²) in [6, 6.07) is 15.3. The number of nitrogens with zero attached hydrogens (tertiary/aromatic N) is 1. The van der Waals surface area contributed by atoms with Gasteiger partial charge in [0, 0.05) is 39.0 Å². The first-order chi connectivity index (χ1) is 21.7. The maximum absolute atomic E-state index is 13.7. The van der Waals surface area contributed by atoms with Crippen LogP contribution in [-0.2, 0) is 36.9 Å². The molecule has 4 N–H and O–H groups in total. The Morgan fingerprint density at radius 2 is 1.56 bits per heavy atom. The molecule has 0 radical (unpaired) electrons. The van der Waals surface area contributed by atoms with Gasteiger partial charge in [0.1, 0.15) is 11.8 Å². The van der Waals surface area contributed by atoms with Crippen LogP contribution in [0.25, 0.3) is 0 Å². The highest BCUT2D eigenvalue weighted by Crippen LogP contribution is 2.13. The van der Waals surface area contributed by atoms with Crippen LogP contribution in [0.1, 0.15) is 63.5 Å². The van der Waals surface area contributed by atoms with E-state index >= 15 is 0 Å². The van der Waals surface area contributed by atoms with E-state index in [-0.39, 0.29) is 38.1 Å². The summed E-state index contributed by atoms with van der Waals surface area (Å²) in [5.41, 5.74) is 1.89. The van der Waals surface area contributed by atoms with Gasteiger partial charge in [0.05, 0.1) is 32.8 Å². The Kier molecular flexibility index (Phi) is 17.3. The van der Waals surface area contributed by atoms with E-state index < -0.39 is 36.0 Å². The first kappa shape index (κ1) is 37.2. The lowest BCUT2D eigenvalue weighted by atomic mass is 9.99. The van der Waals surface area contributed by atoms with Crippen LogP contribution >= 0.6 is 0 Å². The van der Waals surface area contributed by atoms with Crippen molar-refractivity contribution >= 4 is 23.7 Å². The topological polar surface area (TPSA) is 146 Å². The van der Waals surface area contributed by atoms with Crippen molar-refractivity contribution in [2.24, 2.45) is 0 Å². The Hall–Kier alpha value is -3.96. The molecule has 0 saturated heterocycles. The van der Waals surface area contributed by atoms with Crippen molar-refractivity contribution in [2.45, 2.75) is 83.5 Å². The predicted octanol–water partition coefficient (Wildman–Crippen LogP) is 2.74. The molecular weight excluding hydrogens is 576 g/mol. The molecule has 0 aliphatic rings. The Bertz CT molecular complexity index is 1190. The molecule has 2 rings (SSSR count). The van der Waals surface area contributed by atoms with Gasteiger partial charge >= 0.3 is 5.97 Å². The van der Waals surface area contributed by atoms with E-state index in [2.05, 4.69) is 20.7 Å². The molecule has 2 aromatic rings. The third kappa shape index (κ3) is 14.1. The Morgan fingerprint density at radius 3 is 2.20 bits per heavy atom. The number of carbonyl (C=O) groups excluding carboxylic acids is 4. The number of carbonyl (C=O) groups is 4. The first-order valence-electron chi connectivity index (χ1n) is 15.7. The van der Waals surface area contributed by atoms with E-state index in [0.29, 0.717) is 26.1 Å². The first-order valence-corrected chi connectivity index (χ1v) is 15.7. The third-order valence-electron chi connectivity index (χ3n) is 7.33. The van der Waals surface area contributed by atoms with Crippen LogP contribution < -0.4 is 20.7 Å². The van der Waals surface area contributed by atoms with Gasteiger partial charge in [-0.15, -0.1) is 0 Å². The molecule has 11 nitrogen and oxygen atoms in total. The van der Waals surface area contributed by atoms with E-state index in [1.807, 2.05) is 68.4 Å². The lowest BCUT2D eigenvalue weighted by Crippen LogP contribution is -2.55. The monoisotopic (exact) mass is 626 g/mol. The highest BCUT2D eigenvalue weighted by molar-refractivity contribution is 5.89. The molecule has 0 unspecified atom stereocenters. The van der Waals surface area contributed by atoms with Gasteiger partial charge in [-0.1, -0.05) is 56.3 Å². The van der Waals surface area contributed by atoms with Crippen molar-refractivity contribution in [3.05, 3.63) is 65.7 Å². The van der Waals surface area contributed by atoms with Crippen LogP contribution in [0.3, 0.4) is 0 Å². The summed E-state index contributed by atoms with van der Waals surface area (Å²) in [6.07, 6.45) is 0.829. The maximum atomic E-state index is 13.7. The predicted molar refractivity (Wildman–Crippen MR) is 172 cm³/mol. The molecule has 2 aromatic carbocycles. The van der Waals surface area contributed by atoms with Gasteiger partial charge in [0.2, 0.25) is 17.7 Å². The summed E-state index contributed by atoms with van der Waals surface area (Å²) in [5, 5.41) is 20.1. The van der Waals surface area contributed by atoms with Crippen molar-refractivity contribution in [3.8, 4) is 5.75 Å². The SMILES string of the molecule is CCCN(CCC)C(=O)CC[C@@H](NC(=O)CCC(=O)OC)C(=O)N[C@@H](Cc1ccccc1)[C@H](O)CNCc1cccc(OC)c1. The quantitative estimate of drug-likeness (QED) is 0.155. The van der Waals surface area contributed by atoms with E-state index in [0.717, 1.165) is 29.7 Å². The highest BCUT2D eigenvalue weighted by atomic mass is 16.5. The van der Waals surface area contributed by atoms with Gasteiger partial charge in [-0.3, -0.25) is 19.2 Å². The number of rotatable bonds is 21. The van der Waals surface area contributed by atoms with Crippen LogP contribution in [0.4, 0.5) is 0 Å². The number of aliphatic hydroxyl groups excluding tert-OH is 1. The second kappa shape index (κ2) is 20.9. The second-order valence-corrected chi connectivity index (χ2v) is 11.0. The molecule has 3 amide bonds. The fraction of sp³-hybridized carbons (Fsp3) is 0.529. The summed E-state index contributed by atoms with van der Waals surface area (Å²) < 4.78 is 9.91. The minimum absolute atomic E-state index is 0.0589. The zero-order valence-electron chi connectivity index (χ0n) is 27.1. The van der Waals surface area contributed by atoms with Gasteiger partial charge in [0.15, 0.2) is 0 Å². The van der Waals surface area contributed by atoms with Crippen LogP contribution in [0.5, 0.6) is 5.75 Å². The van der Waals surface area contributed by atoms with Crippen molar-refractivity contribution in [1.82, 2.24) is 20.9 Å². The maximum Gasteiger partial charge on any atom is 0.306 e. The van der Waals surface area contributed by atoms with Crippen LogP contribution in [-0.4, -0.2) is 85.7 Å². The number of benzene rings is 2. The van der Waals surface area contributed by atoms with E-state index in [9.17, 15) is 24.3 Å². The lowest BCUT2D eigenvalue weighted by molar-refractivity contribution is -0.142. The summed E-state index contributed by atoms with van der Waals surface area (Å²) in [6.45, 7) is 5.89. The molecular formula is C34H50N4O7. The number of hydrogen-bond acceptors (Lipinski definition) is 8. The lowest BCUT2D eigenvalue weighted by Gasteiger charge is -2.28. The second-order valence-electron chi connectivity index (χ2n) is 11.0. The minimum Gasteiger partial charge on any atom is -0.497 e. The molecule has 248 valence electrons. The van der Waals surface area contributed by atoms with Crippen molar-refractivity contribution in [1.29, 1.82) is 0 Å². The summed E-state index contributed by atoms with van der Waals surface area (Å²) in [4.78, 5) is 52.8. The van der Waals surface area contributed by atoms with Gasteiger partial charge in [0.25, 0.3) is 0 Å². The van der Waals surface area contributed by atoms with E-state index in [4.69, 9.17) is 4.74 Å². The molecule has 0 saturated carbocycles. The fourth-order valence-electron chi connectivity index (χ4n) is 4.90. The molecule has 0 aliphatic heterocycles. The number of hydrogen-bond donors (Lipinski definition) is 4. The molecule has 0 aromatic heterocycles. The Labute approximate surface area is 267 Å². The summed E-state index contributed by atoms with van der Waals surface area (Å²) >= 11 is 0. The number of nitrogens with one attached hydrogen (secondary N) is 3. The van der Waals surface area contributed by atoms with Crippen LogP contribution in [0, 0.1) is 0 Å². The number of methoxy groups -OCH3 is 2. The van der Waals surface area contributed by atoms with Gasteiger partial charge < -0.3 is 35.4 Å². The van der Waals surface area contributed by atoms with E-state index in [1.54, 1.807) is 12.0 Å². The Balaban J connectivity index is 2.18. The summed E-state index contributed by atoms with van der Waals surface area (Å²) in [5.74, 6) is -0.923. The molecule has 0 heterocycles. The summed E-state index contributed by atoms with van der Waals surface area (Å²) in [7, 11) is 2.84. The largest absolute Gasteiger partial charge is 0.497 e. The molecule has 0 fully saturated rings. The molecule has 0 spiro atoms. The zero-order chi connectivity index (χ0) is 33.0. The van der Waals surface area contributed by atoms with Crippen LogP contribution in [0.2, 0.25) is 0 Å². The number of ether oxygens (including phenoxy) is 2. The fourth-order valence-corrected chi connectivity index (χ4v) is 4.90. The normalized spacial score (nSPS) is 12.8. The minimum atomic E-state index is -1.04.